The summed E-state index contributed by atoms with van der Waals surface area (Å²) >= 11 is 2.27. The fourth-order valence-electron chi connectivity index (χ4n) is 6.99. The summed E-state index contributed by atoms with van der Waals surface area (Å²) in [6, 6.07) is 27.1. The summed E-state index contributed by atoms with van der Waals surface area (Å²) in [5.74, 6) is -3.11. The standard InChI is InChI=1S/C38H33FN6O6S2/c39-18-16-26(27-17-19-41-33(27)47)28-21-52-35-32(34(48)45(35)31(28)36(49)50)44(29-22-53-37(40)43-29)30(46)20-42-51-38(23-10-4-1-5-11-23,24-12-6-2-7-13-24)25-14-8-3-9-15-25/h1-15,20,22,32,35H,16-19,21H2,(H2,40,43)(H,41,47)(H,49,50)/t32-,35-/m1/s1. The highest BCUT2D eigenvalue weighted by atomic mass is 32.2. The zero-order valence-electron chi connectivity index (χ0n) is 28.1. The molecule has 2 atom stereocenters. The molecule has 0 bridgehead atoms. The molecule has 4 aromatic rings. The highest BCUT2D eigenvalue weighted by molar-refractivity contribution is 8.00. The van der Waals surface area contributed by atoms with Gasteiger partial charge in [-0.15, -0.1) is 23.1 Å². The van der Waals surface area contributed by atoms with E-state index in [1.807, 2.05) is 91.0 Å². The third kappa shape index (κ3) is 6.46. The van der Waals surface area contributed by atoms with Gasteiger partial charge in [-0.1, -0.05) is 96.2 Å². The van der Waals surface area contributed by atoms with Gasteiger partial charge in [-0.25, -0.2) is 9.78 Å². The summed E-state index contributed by atoms with van der Waals surface area (Å²) in [4.78, 5) is 66.5. The first-order valence-electron chi connectivity index (χ1n) is 16.7. The first kappa shape index (κ1) is 35.6. The lowest BCUT2D eigenvalue weighted by Crippen LogP contribution is -2.72. The number of nitrogens with two attached hydrogens (primary N) is 1. The molecule has 2 fully saturated rings. The number of nitrogens with zero attached hydrogens (tertiary/aromatic N) is 4. The van der Waals surface area contributed by atoms with Crippen molar-refractivity contribution in [1.82, 2.24) is 15.2 Å². The van der Waals surface area contributed by atoms with Crippen molar-refractivity contribution >= 4 is 64.0 Å². The van der Waals surface area contributed by atoms with E-state index in [4.69, 9.17) is 10.6 Å². The van der Waals surface area contributed by atoms with E-state index in [9.17, 15) is 28.7 Å². The largest absolute Gasteiger partial charge is 0.477 e. The topological polar surface area (TPSA) is 168 Å². The Hall–Kier alpha value is -5.80. The SMILES string of the molecule is Nc1nc(N(C(=O)C=NOC(c2ccccc2)(c2ccccc2)c2ccccc2)[C@@H]2C(=O)N3C(C(=O)O)=C(C(CCF)=C4CCNC4=O)CS[C@H]23)cs1. The molecule has 3 aromatic carbocycles. The molecule has 1 aromatic heterocycles. The number of hydrogen-bond donors (Lipinski definition) is 3. The number of oxime groups is 1. The molecule has 7 rings (SSSR count). The number of carboxylic acid groups (broad SMARTS) is 1. The summed E-state index contributed by atoms with van der Waals surface area (Å²) in [6.07, 6.45) is 1.09. The van der Waals surface area contributed by atoms with Crippen LogP contribution in [-0.2, 0) is 29.6 Å². The molecule has 15 heteroatoms. The fraction of sp³-hybridized carbons (Fsp3) is 0.211. The molecule has 4 heterocycles. The Balaban J connectivity index is 1.25. The van der Waals surface area contributed by atoms with Gasteiger partial charge in [0.15, 0.2) is 5.13 Å². The van der Waals surface area contributed by atoms with Crippen LogP contribution in [0.3, 0.4) is 0 Å². The van der Waals surface area contributed by atoms with Crippen molar-refractivity contribution in [3.05, 3.63) is 135 Å². The van der Waals surface area contributed by atoms with E-state index in [2.05, 4.69) is 15.5 Å². The van der Waals surface area contributed by atoms with Crippen LogP contribution >= 0.6 is 23.1 Å². The van der Waals surface area contributed by atoms with E-state index in [-0.39, 0.29) is 45.9 Å². The molecule has 2 saturated heterocycles. The number of fused-ring (bicyclic) bond motifs is 1. The molecule has 3 amide bonds. The maximum atomic E-state index is 14.2. The number of β-lactam (4-membered cyclic amide) rings is 1. The lowest BCUT2D eigenvalue weighted by Gasteiger charge is -2.52. The number of rotatable bonds is 12. The molecule has 12 nitrogen and oxygen atoms in total. The molecule has 270 valence electrons. The number of thioether (sulfide) groups is 1. The van der Waals surface area contributed by atoms with Gasteiger partial charge in [0.2, 0.25) is 11.5 Å². The van der Waals surface area contributed by atoms with Crippen LogP contribution < -0.4 is 16.0 Å². The van der Waals surface area contributed by atoms with Crippen LogP contribution in [0.2, 0.25) is 0 Å². The summed E-state index contributed by atoms with van der Waals surface area (Å²) in [5, 5.41) is 18.1. The average molecular weight is 753 g/mol. The summed E-state index contributed by atoms with van der Waals surface area (Å²) in [6.45, 7) is -0.468. The predicted molar refractivity (Wildman–Crippen MR) is 200 cm³/mol. The van der Waals surface area contributed by atoms with Gasteiger partial charge in [-0.3, -0.25) is 28.6 Å². The van der Waals surface area contributed by atoms with Gasteiger partial charge in [0.05, 0.1) is 6.67 Å². The first-order valence-corrected chi connectivity index (χ1v) is 18.6. The van der Waals surface area contributed by atoms with E-state index in [1.54, 1.807) is 0 Å². The van der Waals surface area contributed by atoms with Crippen molar-refractivity contribution < 1.29 is 33.5 Å². The van der Waals surface area contributed by atoms with E-state index in [0.29, 0.717) is 18.5 Å². The molecule has 3 aliphatic rings. The number of carboxylic acids is 1. The maximum absolute atomic E-state index is 14.2. The molecular formula is C38H33FN6O6S2. The van der Waals surface area contributed by atoms with Gasteiger partial charge in [0.25, 0.3) is 11.8 Å². The Bertz CT molecular complexity index is 2050. The van der Waals surface area contributed by atoms with Crippen LogP contribution in [0, 0.1) is 0 Å². The van der Waals surface area contributed by atoms with E-state index in [0.717, 1.165) is 44.0 Å². The average Bonchev–Trinajstić information content (AvgIpc) is 3.82. The number of halogens is 1. The Morgan fingerprint density at radius 1 is 1.04 bits per heavy atom. The number of carbonyl (C=O) groups is 4. The first-order chi connectivity index (χ1) is 25.8. The van der Waals surface area contributed by atoms with Crippen LogP contribution in [-0.4, -0.2) is 75.3 Å². The lowest BCUT2D eigenvalue weighted by atomic mass is 9.80. The van der Waals surface area contributed by atoms with Crippen molar-refractivity contribution in [2.24, 2.45) is 5.16 Å². The third-order valence-electron chi connectivity index (χ3n) is 9.32. The molecule has 0 aliphatic carbocycles. The highest BCUT2D eigenvalue weighted by Crippen LogP contribution is 2.46. The quantitative estimate of drug-likeness (QED) is 0.0603. The number of aromatic nitrogens is 1. The zero-order valence-corrected chi connectivity index (χ0v) is 29.7. The highest BCUT2D eigenvalue weighted by Gasteiger charge is 2.58. The number of benzene rings is 3. The van der Waals surface area contributed by atoms with Crippen LogP contribution in [0.1, 0.15) is 29.5 Å². The van der Waals surface area contributed by atoms with Crippen molar-refractivity contribution in [3.8, 4) is 0 Å². The minimum Gasteiger partial charge on any atom is -0.477 e. The van der Waals surface area contributed by atoms with Gasteiger partial charge in [0.1, 0.15) is 29.1 Å². The second kappa shape index (κ2) is 15.0. The molecular weight excluding hydrogens is 720 g/mol. The minimum absolute atomic E-state index is 0.0604. The number of allylic oxidation sites excluding steroid dienone is 1. The Kier molecular flexibility index (Phi) is 10.1. The number of amides is 3. The van der Waals surface area contributed by atoms with Crippen LogP contribution in [0.15, 0.2) is 124 Å². The second-order valence-electron chi connectivity index (χ2n) is 12.2. The van der Waals surface area contributed by atoms with Crippen molar-refractivity contribution in [2.45, 2.75) is 29.9 Å². The molecule has 4 N–H and O–H groups in total. The van der Waals surface area contributed by atoms with Gasteiger partial charge in [-0.05, 0) is 17.6 Å². The zero-order chi connectivity index (χ0) is 37.1. The summed E-state index contributed by atoms with van der Waals surface area (Å²) in [7, 11) is 0. The molecule has 0 spiro atoms. The number of thiazole rings is 1. The number of alkyl halides is 1. The van der Waals surface area contributed by atoms with Gasteiger partial charge >= 0.3 is 5.97 Å². The maximum Gasteiger partial charge on any atom is 0.352 e. The predicted octanol–water partition coefficient (Wildman–Crippen LogP) is 4.85. The van der Waals surface area contributed by atoms with E-state index < -0.39 is 41.5 Å². The van der Waals surface area contributed by atoms with Crippen LogP contribution in [0.5, 0.6) is 0 Å². The van der Waals surface area contributed by atoms with Crippen molar-refractivity contribution in [2.75, 3.05) is 29.6 Å². The lowest BCUT2D eigenvalue weighted by molar-refractivity contribution is -0.148. The Morgan fingerprint density at radius 3 is 2.13 bits per heavy atom. The molecule has 0 saturated carbocycles. The molecule has 53 heavy (non-hydrogen) atoms. The van der Waals surface area contributed by atoms with Gasteiger partial charge in [-0.2, -0.15) is 0 Å². The number of nitrogen functional groups attached to an aromatic ring is 1. The molecule has 3 aliphatic heterocycles. The second-order valence-corrected chi connectivity index (χ2v) is 14.2. The Labute approximate surface area is 311 Å². The van der Waals surface area contributed by atoms with Crippen molar-refractivity contribution in [3.63, 3.8) is 0 Å². The minimum atomic E-state index is -1.41. The van der Waals surface area contributed by atoms with Crippen LogP contribution in [0.25, 0.3) is 0 Å². The number of hydrogen-bond acceptors (Lipinski definition) is 10. The monoisotopic (exact) mass is 752 g/mol. The summed E-state index contributed by atoms with van der Waals surface area (Å²) < 4.78 is 13.8. The number of anilines is 2. The van der Waals surface area contributed by atoms with E-state index >= 15 is 0 Å². The number of aliphatic carboxylic acids is 1. The van der Waals surface area contributed by atoms with E-state index in [1.165, 1.54) is 17.1 Å². The molecule has 0 unspecified atom stereocenters. The number of nitrogens with one attached hydrogen (secondary N) is 1. The smallest absolute Gasteiger partial charge is 0.352 e. The van der Waals surface area contributed by atoms with Crippen molar-refractivity contribution in [1.29, 1.82) is 0 Å². The normalized spacial score (nSPS) is 19.5. The Morgan fingerprint density at radius 2 is 1.64 bits per heavy atom. The third-order valence-corrected chi connectivity index (χ3v) is 11.2. The molecule has 0 radical (unpaired) electrons. The summed E-state index contributed by atoms with van der Waals surface area (Å²) in [5.41, 5.74) is 7.38. The van der Waals surface area contributed by atoms with Gasteiger partial charge in [0, 0.05) is 46.4 Å². The van der Waals surface area contributed by atoms with Gasteiger partial charge < -0.3 is 21.0 Å². The van der Waals surface area contributed by atoms with Crippen LogP contribution in [0.4, 0.5) is 15.3 Å². The fourth-order valence-corrected chi connectivity index (χ4v) is 8.96. The number of carbonyl (C=O) groups excluding carboxylic acids is 3.